The standard InChI is InChI=1S/C13H20FNO3/c1-9(15-2)12-5-4-11(6-13(12)14)18-8-10(16)7-17-3/h4-6,9-10,15-16H,7-8H2,1-3H3. The molecule has 18 heavy (non-hydrogen) atoms. The minimum Gasteiger partial charge on any atom is -0.491 e. The first kappa shape index (κ1) is 14.9. The lowest BCUT2D eigenvalue weighted by molar-refractivity contribution is 0.0324. The van der Waals surface area contributed by atoms with Crippen molar-refractivity contribution in [2.45, 2.75) is 19.1 Å². The average molecular weight is 257 g/mol. The van der Waals surface area contributed by atoms with Gasteiger partial charge in [0.15, 0.2) is 0 Å². The minimum absolute atomic E-state index is 0.0573. The van der Waals surface area contributed by atoms with Gasteiger partial charge in [-0.15, -0.1) is 0 Å². The van der Waals surface area contributed by atoms with Gasteiger partial charge >= 0.3 is 0 Å². The predicted molar refractivity (Wildman–Crippen MR) is 67.3 cm³/mol. The quantitative estimate of drug-likeness (QED) is 0.777. The molecule has 1 aromatic carbocycles. The van der Waals surface area contributed by atoms with Gasteiger partial charge in [0.1, 0.15) is 24.3 Å². The zero-order valence-electron chi connectivity index (χ0n) is 10.9. The fraction of sp³-hybridized carbons (Fsp3) is 0.538. The van der Waals surface area contributed by atoms with Gasteiger partial charge in [0.05, 0.1) is 6.61 Å². The Kier molecular flexibility index (Phi) is 6.04. The lowest BCUT2D eigenvalue weighted by Crippen LogP contribution is -2.22. The Morgan fingerprint density at radius 1 is 1.39 bits per heavy atom. The Labute approximate surface area is 107 Å². The van der Waals surface area contributed by atoms with Crippen LogP contribution in [0.15, 0.2) is 18.2 Å². The largest absolute Gasteiger partial charge is 0.491 e. The first-order valence-corrected chi connectivity index (χ1v) is 5.85. The van der Waals surface area contributed by atoms with E-state index in [9.17, 15) is 9.50 Å². The van der Waals surface area contributed by atoms with E-state index in [1.165, 1.54) is 13.2 Å². The van der Waals surface area contributed by atoms with Gasteiger partial charge in [0, 0.05) is 24.8 Å². The molecule has 0 amide bonds. The lowest BCUT2D eigenvalue weighted by atomic mass is 10.1. The molecule has 0 aliphatic heterocycles. The number of hydrogen-bond acceptors (Lipinski definition) is 4. The Hall–Kier alpha value is -1.17. The van der Waals surface area contributed by atoms with Gasteiger partial charge in [0.25, 0.3) is 0 Å². The molecule has 0 aliphatic carbocycles. The number of nitrogens with one attached hydrogen (secondary N) is 1. The maximum atomic E-state index is 13.8. The Balaban J connectivity index is 2.61. The van der Waals surface area contributed by atoms with Crippen LogP contribution in [0.4, 0.5) is 4.39 Å². The van der Waals surface area contributed by atoms with Crippen LogP contribution in [-0.2, 0) is 4.74 Å². The van der Waals surface area contributed by atoms with Crippen LogP contribution in [0.5, 0.6) is 5.75 Å². The monoisotopic (exact) mass is 257 g/mol. The van der Waals surface area contributed by atoms with Crippen molar-refractivity contribution >= 4 is 0 Å². The molecule has 2 N–H and O–H groups in total. The molecule has 0 saturated heterocycles. The van der Waals surface area contributed by atoms with E-state index in [4.69, 9.17) is 9.47 Å². The molecule has 0 radical (unpaired) electrons. The molecule has 1 rings (SSSR count). The van der Waals surface area contributed by atoms with Crippen molar-refractivity contribution in [3.8, 4) is 5.75 Å². The lowest BCUT2D eigenvalue weighted by Gasteiger charge is -2.14. The number of halogens is 1. The van der Waals surface area contributed by atoms with Crippen molar-refractivity contribution in [3.63, 3.8) is 0 Å². The van der Waals surface area contributed by atoms with Gasteiger partial charge in [-0.05, 0) is 20.0 Å². The molecular weight excluding hydrogens is 237 g/mol. The summed E-state index contributed by atoms with van der Waals surface area (Å²) >= 11 is 0. The van der Waals surface area contributed by atoms with Gasteiger partial charge in [-0.2, -0.15) is 0 Å². The molecule has 5 heteroatoms. The van der Waals surface area contributed by atoms with Crippen molar-refractivity contribution in [2.75, 3.05) is 27.4 Å². The highest BCUT2D eigenvalue weighted by atomic mass is 19.1. The Bertz CT molecular complexity index is 373. The van der Waals surface area contributed by atoms with Gasteiger partial charge in [-0.3, -0.25) is 0 Å². The first-order chi connectivity index (χ1) is 8.58. The molecule has 4 nitrogen and oxygen atoms in total. The van der Waals surface area contributed by atoms with E-state index in [1.54, 1.807) is 19.2 Å². The molecule has 1 aromatic rings. The zero-order valence-corrected chi connectivity index (χ0v) is 10.9. The van der Waals surface area contributed by atoms with Gasteiger partial charge in [0.2, 0.25) is 0 Å². The van der Waals surface area contributed by atoms with E-state index in [-0.39, 0.29) is 25.1 Å². The Morgan fingerprint density at radius 3 is 2.67 bits per heavy atom. The molecule has 0 spiro atoms. The zero-order chi connectivity index (χ0) is 13.5. The fourth-order valence-corrected chi connectivity index (χ4v) is 1.54. The van der Waals surface area contributed by atoms with Crippen LogP contribution < -0.4 is 10.1 Å². The number of rotatable bonds is 7. The number of methoxy groups -OCH3 is 1. The van der Waals surface area contributed by atoms with Gasteiger partial charge in [-0.1, -0.05) is 6.07 Å². The third kappa shape index (κ3) is 4.25. The molecule has 0 aromatic heterocycles. The molecule has 0 heterocycles. The van der Waals surface area contributed by atoms with Crippen molar-refractivity contribution in [3.05, 3.63) is 29.6 Å². The summed E-state index contributed by atoms with van der Waals surface area (Å²) in [6.45, 7) is 2.15. The van der Waals surface area contributed by atoms with E-state index in [2.05, 4.69) is 5.32 Å². The first-order valence-electron chi connectivity index (χ1n) is 5.85. The second-order valence-electron chi connectivity index (χ2n) is 4.11. The maximum Gasteiger partial charge on any atom is 0.131 e. The van der Waals surface area contributed by atoms with Crippen LogP contribution in [0.2, 0.25) is 0 Å². The predicted octanol–water partition coefficient (Wildman–Crippen LogP) is 1.49. The van der Waals surface area contributed by atoms with Crippen molar-refractivity contribution in [1.29, 1.82) is 0 Å². The second-order valence-corrected chi connectivity index (χ2v) is 4.11. The summed E-state index contributed by atoms with van der Waals surface area (Å²) in [6.07, 6.45) is -0.714. The van der Waals surface area contributed by atoms with Crippen LogP contribution in [0.3, 0.4) is 0 Å². The number of benzene rings is 1. The summed E-state index contributed by atoms with van der Waals surface area (Å²) < 4.78 is 23.8. The molecule has 102 valence electrons. The van der Waals surface area contributed by atoms with E-state index in [0.717, 1.165) is 0 Å². The summed E-state index contributed by atoms with van der Waals surface area (Å²) in [5.74, 6) is 0.0743. The van der Waals surface area contributed by atoms with Crippen LogP contribution in [0, 0.1) is 5.82 Å². The van der Waals surface area contributed by atoms with Gasteiger partial charge < -0.3 is 19.9 Å². The van der Waals surface area contributed by atoms with E-state index in [0.29, 0.717) is 11.3 Å². The number of hydrogen-bond donors (Lipinski definition) is 2. The van der Waals surface area contributed by atoms with Crippen molar-refractivity contribution in [1.82, 2.24) is 5.32 Å². The van der Waals surface area contributed by atoms with Crippen LogP contribution in [-0.4, -0.2) is 38.6 Å². The summed E-state index contributed by atoms with van der Waals surface area (Å²) in [5.41, 5.74) is 0.585. The molecule has 0 aliphatic rings. The number of aliphatic hydroxyl groups is 1. The maximum absolute atomic E-state index is 13.8. The van der Waals surface area contributed by atoms with Crippen LogP contribution in [0.1, 0.15) is 18.5 Å². The van der Waals surface area contributed by atoms with Gasteiger partial charge in [-0.25, -0.2) is 4.39 Å². The summed E-state index contributed by atoms with van der Waals surface area (Å²) in [4.78, 5) is 0. The SMILES string of the molecule is CNC(C)c1ccc(OCC(O)COC)cc1F. The van der Waals surface area contributed by atoms with Crippen LogP contribution >= 0.6 is 0 Å². The molecule has 2 atom stereocenters. The average Bonchev–Trinajstić information content (AvgIpc) is 2.36. The number of ether oxygens (including phenoxy) is 2. The molecular formula is C13H20FNO3. The third-order valence-corrected chi connectivity index (χ3v) is 2.67. The minimum atomic E-state index is -0.714. The highest BCUT2D eigenvalue weighted by Gasteiger charge is 2.11. The highest BCUT2D eigenvalue weighted by molar-refractivity contribution is 5.30. The molecule has 0 fully saturated rings. The topological polar surface area (TPSA) is 50.7 Å². The second kappa shape index (κ2) is 7.31. The smallest absolute Gasteiger partial charge is 0.131 e. The summed E-state index contributed by atoms with van der Waals surface area (Å²) in [7, 11) is 3.27. The number of aliphatic hydroxyl groups excluding tert-OH is 1. The summed E-state index contributed by atoms with van der Waals surface area (Å²) in [6, 6.07) is 4.63. The van der Waals surface area contributed by atoms with Crippen molar-refractivity contribution < 1.29 is 19.0 Å². The normalized spacial score (nSPS) is 14.3. The Morgan fingerprint density at radius 2 is 2.11 bits per heavy atom. The van der Waals surface area contributed by atoms with E-state index in [1.807, 2.05) is 6.92 Å². The molecule has 0 saturated carbocycles. The van der Waals surface area contributed by atoms with Crippen LogP contribution in [0.25, 0.3) is 0 Å². The van der Waals surface area contributed by atoms with E-state index >= 15 is 0 Å². The molecule has 0 bridgehead atoms. The van der Waals surface area contributed by atoms with E-state index < -0.39 is 6.10 Å². The fourth-order valence-electron chi connectivity index (χ4n) is 1.54. The van der Waals surface area contributed by atoms with Crippen molar-refractivity contribution in [2.24, 2.45) is 0 Å². The third-order valence-electron chi connectivity index (χ3n) is 2.67. The molecule has 2 unspecified atom stereocenters. The highest BCUT2D eigenvalue weighted by Crippen LogP contribution is 2.21. The summed E-state index contributed by atoms with van der Waals surface area (Å²) in [5, 5.41) is 12.4.